The fraction of sp³-hybridized carbons (Fsp3) is 0.529. The molecule has 142 valence electrons. The van der Waals surface area contributed by atoms with Crippen molar-refractivity contribution in [1.82, 2.24) is 9.80 Å². The third kappa shape index (κ3) is 6.82. The van der Waals surface area contributed by atoms with E-state index in [9.17, 15) is 9.59 Å². The molecule has 2 amide bonds. The van der Waals surface area contributed by atoms with Gasteiger partial charge in [0.15, 0.2) is 0 Å². The van der Waals surface area contributed by atoms with Gasteiger partial charge < -0.3 is 16.0 Å². The van der Waals surface area contributed by atoms with Crippen LogP contribution in [-0.4, -0.2) is 60.4 Å². The van der Waals surface area contributed by atoms with Gasteiger partial charge in [0.25, 0.3) is 0 Å². The summed E-state index contributed by atoms with van der Waals surface area (Å²) in [7, 11) is 0. The van der Waals surface area contributed by atoms with Crippen molar-refractivity contribution in [2.45, 2.75) is 26.3 Å². The van der Waals surface area contributed by atoms with Crippen LogP contribution in [0.15, 0.2) is 24.3 Å². The van der Waals surface area contributed by atoms with E-state index in [1.165, 1.54) is 0 Å². The molecule has 8 heteroatoms. The molecule has 0 aliphatic carbocycles. The van der Waals surface area contributed by atoms with Gasteiger partial charge in [0.2, 0.25) is 11.8 Å². The SMILES string of the molecule is CCc1ccccc1NC(=O)CN1CCN(C(=O)[C@@H](C)N)CC1.Cl.Cl. The topological polar surface area (TPSA) is 78.7 Å². The number of amides is 2. The Labute approximate surface area is 161 Å². The molecule has 0 aromatic heterocycles. The van der Waals surface area contributed by atoms with Gasteiger partial charge in [0.05, 0.1) is 12.6 Å². The first-order valence-corrected chi connectivity index (χ1v) is 8.15. The average Bonchev–Trinajstić information content (AvgIpc) is 2.55. The first kappa shape index (κ1) is 23.7. The zero-order valence-electron chi connectivity index (χ0n) is 14.7. The van der Waals surface area contributed by atoms with E-state index in [1.807, 2.05) is 24.3 Å². The standard InChI is InChI=1S/C17H26N4O2.2ClH/c1-3-14-6-4-5-7-15(14)19-16(22)12-20-8-10-21(11-9-20)17(23)13(2)18;;/h4-7,13H,3,8-12,18H2,1-2H3,(H,19,22);2*1H/t13-;;/m1../s1. The van der Waals surface area contributed by atoms with Crippen LogP contribution < -0.4 is 11.1 Å². The minimum atomic E-state index is -0.463. The van der Waals surface area contributed by atoms with Crippen LogP contribution in [0.3, 0.4) is 0 Å². The monoisotopic (exact) mass is 390 g/mol. The molecule has 3 N–H and O–H groups in total. The molecule has 0 spiro atoms. The van der Waals surface area contributed by atoms with E-state index < -0.39 is 6.04 Å². The predicted molar refractivity (Wildman–Crippen MR) is 106 cm³/mol. The molecule has 1 fully saturated rings. The summed E-state index contributed by atoms with van der Waals surface area (Å²) in [5.74, 6) is -0.0381. The van der Waals surface area contributed by atoms with Gasteiger partial charge in [-0.15, -0.1) is 24.8 Å². The van der Waals surface area contributed by atoms with Gasteiger partial charge in [-0.3, -0.25) is 14.5 Å². The number of halogens is 2. The average molecular weight is 391 g/mol. The second-order valence-corrected chi connectivity index (χ2v) is 5.95. The van der Waals surface area contributed by atoms with Crippen LogP contribution >= 0.6 is 24.8 Å². The number of aryl methyl sites for hydroxylation is 1. The van der Waals surface area contributed by atoms with E-state index in [4.69, 9.17) is 5.73 Å². The second-order valence-electron chi connectivity index (χ2n) is 5.95. The summed E-state index contributed by atoms with van der Waals surface area (Å²) in [5.41, 5.74) is 7.64. The number of carbonyl (C=O) groups is 2. The van der Waals surface area contributed by atoms with Gasteiger partial charge in [-0.05, 0) is 25.0 Å². The largest absolute Gasteiger partial charge is 0.339 e. The molecule has 1 aromatic rings. The third-order valence-corrected chi connectivity index (χ3v) is 4.11. The number of carbonyl (C=O) groups excluding carboxylic acids is 2. The number of nitrogens with one attached hydrogen (secondary N) is 1. The number of benzene rings is 1. The Balaban J connectivity index is 0.00000288. The van der Waals surface area contributed by atoms with Gasteiger partial charge in [-0.2, -0.15) is 0 Å². The molecule has 1 aromatic carbocycles. The highest BCUT2D eigenvalue weighted by Gasteiger charge is 2.24. The molecule has 2 rings (SSSR count). The minimum Gasteiger partial charge on any atom is -0.339 e. The van der Waals surface area contributed by atoms with E-state index in [2.05, 4.69) is 17.1 Å². The highest BCUT2D eigenvalue weighted by atomic mass is 35.5. The maximum atomic E-state index is 12.2. The molecule has 25 heavy (non-hydrogen) atoms. The summed E-state index contributed by atoms with van der Waals surface area (Å²) < 4.78 is 0. The van der Waals surface area contributed by atoms with Gasteiger partial charge in [0.1, 0.15) is 0 Å². The van der Waals surface area contributed by atoms with Gasteiger partial charge in [-0.1, -0.05) is 25.1 Å². The lowest BCUT2D eigenvalue weighted by Crippen LogP contribution is -2.53. The predicted octanol–water partition coefficient (Wildman–Crippen LogP) is 1.52. The summed E-state index contributed by atoms with van der Waals surface area (Å²) in [6, 6.07) is 7.38. The smallest absolute Gasteiger partial charge is 0.239 e. The fourth-order valence-corrected chi connectivity index (χ4v) is 2.76. The first-order valence-electron chi connectivity index (χ1n) is 8.15. The number of para-hydroxylation sites is 1. The minimum absolute atomic E-state index is 0. The van der Waals surface area contributed by atoms with Crippen molar-refractivity contribution in [3.8, 4) is 0 Å². The van der Waals surface area contributed by atoms with E-state index in [0.717, 1.165) is 17.7 Å². The molecule has 0 unspecified atom stereocenters. The van der Waals surface area contributed by atoms with Crippen LogP contribution in [0.25, 0.3) is 0 Å². The van der Waals surface area contributed by atoms with Crippen LogP contribution in [0.1, 0.15) is 19.4 Å². The molecular formula is C17H28Cl2N4O2. The lowest BCUT2D eigenvalue weighted by atomic mass is 10.1. The summed E-state index contributed by atoms with van der Waals surface area (Å²) in [6.45, 7) is 6.76. The van der Waals surface area contributed by atoms with Crippen LogP contribution in [0, 0.1) is 0 Å². The van der Waals surface area contributed by atoms with Crippen LogP contribution in [0.2, 0.25) is 0 Å². The lowest BCUT2D eigenvalue weighted by Gasteiger charge is -2.35. The van der Waals surface area contributed by atoms with Crippen molar-refractivity contribution in [2.24, 2.45) is 5.73 Å². The van der Waals surface area contributed by atoms with E-state index in [-0.39, 0.29) is 36.6 Å². The van der Waals surface area contributed by atoms with Crippen molar-refractivity contribution in [1.29, 1.82) is 0 Å². The van der Waals surface area contributed by atoms with E-state index in [1.54, 1.807) is 11.8 Å². The fourth-order valence-electron chi connectivity index (χ4n) is 2.76. The number of piperazine rings is 1. The molecule has 6 nitrogen and oxygen atoms in total. The number of rotatable bonds is 5. The van der Waals surface area contributed by atoms with Gasteiger partial charge in [-0.25, -0.2) is 0 Å². The molecule has 1 aliphatic heterocycles. The van der Waals surface area contributed by atoms with E-state index >= 15 is 0 Å². The maximum absolute atomic E-state index is 12.2. The molecule has 0 bridgehead atoms. The Kier molecular flexibility index (Phi) is 10.7. The van der Waals surface area contributed by atoms with Crippen molar-refractivity contribution >= 4 is 42.3 Å². The normalized spacial score (nSPS) is 15.6. The highest BCUT2D eigenvalue weighted by Crippen LogP contribution is 2.15. The van der Waals surface area contributed by atoms with Crippen LogP contribution in [0.5, 0.6) is 0 Å². The zero-order chi connectivity index (χ0) is 16.8. The van der Waals surface area contributed by atoms with Crippen molar-refractivity contribution in [3.05, 3.63) is 29.8 Å². The summed E-state index contributed by atoms with van der Waals surface area (Å²) >= 11 is 0. The number of anilines is 1. The molecule has 0 radical (unpaired) electrons. The number of hydrogen-bond donors (Lipinski definition) is 2. The summed E-state index contributed by atoms with van der Waals surface area (Å²) in [6.07, 6.45) is 0.883. The Hall–Kier alpha value is -1.34. The van der Waals surface area contributed by atoms with E-state index in [0.29, 0.717) is 32.7 Å². The quantitative estimate of drug-likeness (QED) is 0.798. The number of hydrogen-bond acceptors (Lipinski definition) is 4. The Morgan fingerprint density at radius 1 is 1.16 bits per heavy atom. The van der Waals surface area contributed by atoms with Crippen molar-refractivity contribution in [2.75, 3.05) is 38.0 Å². The molecule has 1 saturated heterocycles. The first-order chi connectivity index (χ1) is 11.0. The lowest BCUT2D eigenvalue weighted by molar-refractivity contribution is -0.134. The molecule has 1 aliphatic rings. The van der Waals surface area contributed by atoms with Crippen molar-refractivity contribution < 1.29 is 9.59 Å². The van der Waals surface area contributed by atoms with Gasteiger partial charge in [0, 0.05) is 31.9 Å². The third-order valence-electron chi connectivity index (χ3n) is 4.11. The molecule has 1 atom stereocenters. The Bertz CT molecular complexity index is 561. The zero-order valence-corrected chi connectivity index (χ0v) is 16.4. The van der Waals surface area contributed by atoms with Crippen LogP contribution in [0.4, 0.5) is 5.69 Å². The number of nitrogens with two attached hydrogens (primary N) is 1. The van der Waals surface area contributed by atoms with Crippen LogP contribution in [-0.2, 0) is 16.0 Å². The van der Waals surface area contributed by atoms with Gasteiger partial charge >= 0.3 is 0 Å². The second kappa shape index (κ2) is 11.3. The molecule has 0 saturated carbocycles. The Morgan fingerprint density at radius 2 is 1.76 bits per heavy atom. The number of nitrogens with zero attached hydrogens (tertiary/aromatic N) is 2. The van der Waals surface area contributed by atoms with Crippen molar-refractivity contribution in [3.63, 3.8) is 0 Å². The summed E-state index contributed by atoms with van der Waals surface area (Å²) in [4.78, 5) is 27.9. The summed E-state index contributed by atoms with van der Waals surface area (Å²) in [5, 5.41) is 2.98. The maximum Gasteiger partial charge on any atom is 0.239 e. The highest BCUT2D eigenvalue weighted by molar-refractivity contribution is 5.93. The Morgan fingerprint density at radius 3 is 2.32 bits per heavy atom. The molecule has 1 heterocycles. The molecular weight excluding hydrogens is 363 g/mol.